The fourth-order valence-electron chi connectivity index (χ4n) is 2.74. The molecular formula is C20H28N6. The Morgan fingerprint density at radius 2 is 1.15 bits per heavy atom. The molecule has 2 heterocycles. The fourth-order valence-corrected chi connectivity index (χ4v) is 2.74. The molecule has 0 spiro atoms. The Hall–Kier alpha value is -2.60. The van der Waals surface area contributed by atoms with Crippen molar-refractivity contribution in [3.8, 4) is 24.7 Å². The molecule has 138 valence electrons. The Morgan fingerprint density at radius 1 is 0.692 bits per heavy atom. The molecule has 0 fully saturated rings. The minimum atomic E-state index is 0.836. The van der Waals surface area contributed by atoms with Crippen LogP contribution in [0.15, 0.2) is 12.4 Å². The van der Waals surface area contributed by atoms with Crippen LogP contribution in [0.2, 0.25) is 0 Å². The van der Waals surface area contributed by atoms with E-state index in [0.717, 1.165) is 88.7 Å². The molecule has 6 nitrogen and oxygen atoms in total. The normalized spacial score (nSPS) is 10.5. The van der Waals surface area contributed by atoms with Gasteiger partial charge in [0.25, 0.3) is 0 Å². The highest BCUT2D eigenvalue weighted by atomic mass is 15.4. The summed E-state index contributed by atoms with van der Waals surface area (Å²) >= 11 is 0. The molecule has 0 bridgehead atoms. The van der Waals surface area contributed by atoms with Crippen molar-refractivity contribution in [2.45, 2.75) is 77.3 Å². The Balaban J connectivity index is 1.59. The first-order chi connectivity index (χ1) is 12.8. The summed E-state index contributed by atoms with van der Waals surface area (Å²) in [5, 5.41) is 16.8. The molecule has 2 aromatic rings. The zero-order valence-electron chi connectivity index (χ0n) is 15.5. The molecule has 0 radical (unpaired) electrons. The van der Waals surface area contributed by atoms with E-state index >= 15 is 0 Å². The number of aromatic nitrogens is 6. The molecular weight excluding hydrogens is 324 g/mol. The second-order valence-electron chi connectivity index (χ2n) is 6.48. The van der Waals surface area contributed by atoms with Gasteiger partial charge in [-0.3, -0.25) is 9.36 Å². The standard InChI is InChI=1S/C20H28N6/c1-3-5-7-9-13-19-17-25(23-21-19)15-11-12-16-26-18-20(22-24-26)14-10-8-6-4-2/h1-2,17-18H,5-16H2. The van der Waals surface area contributed by atoms with Gasteiger partial charge in [0.15, 0.2) is 0 Å². The zero-order chi connectivity index (χ0) is 18.5. The van der Waals surface area contributed by atoms with Gasteiger partial charge in [0.1, 0.15) is 0 Å². The van der Waals surface area contributed by atoms with E-state index in [1.165, 1.54) is 0 Å². The van der Waals surface area contributed by atoms with Crippen LogP contribution in [0.25, 0.3) is 0 Å². The van der Waals surface area contributed by atoms with Gasteiger partial charge in [0, 0.05) is 38.3 Å². The lowest BCUT2D eigenvalue weighted by molar-refractivity contribution is 0.487. The second-order valence-corrected chi connectivity index (χ2v) is 6.48. The van der Waals surface area contributed by atoms with Crippen molar-refractivity contribution < 1.29 is 0 Å². The summed E-state index contributed by atoms with van der Waals surface area (Å²) in [6, 6.07) is 0. The van der Waals surface area contributed by atoms with Crippen LogP contribution < -0.4 is 0 Å². The van der Waals surface area contributed by atoms with Crippen molar-refractivity contribution in [2.24, 2.45) is 0 Å². The first kappa shape index (κ1) is 19.7. The smallest absolute Gasteiger partial charge is 0.0827 e. The van der Waals surface area contributed by atoms with Crippen LogP contribution >= 0.6 is 0 Å². The zero-order valence-corrected chi connectivity index (χ0v) is 15.5. The first-order valence-corrected chi connectivity index (χ1v) is 9.46. The number of aryl methyl sites for hydroxylation is 4. The SMILES string of the molecule is C#CCCCCc1cn(CCCCn2cc(CCCCC#C)nn2)nn1. The molecule has 2 rings (SSSR count). The molecule has 0 saturated heterocycles. The molecule has 0 aliphatic rings. The summed E-state index contributed by atoms with van der Waals surface area (Å²) in [6.07, 6.45) is 24.5. The molecule has 0 aromatic carbocycles. The molecule has 0 N–H and O–H groups in total. The Morgan fingerprint density at radius 3 is 1.58 bits per heavy atom. The molecule has 0 atom stereocenters. The number of terminal acetylenes is 2. The number of hydrogen-bond donors (Lipinski definition) is 0. The van der Waals surface area contributed by atoms with Gasteiger partial charge >= 0.3 is 0 Å². The van der Waals surface area contributed by atoms with E-state index < -0.39 is 0 Å². The topological polar surface area (TPSA) is 61.4 Å². The van der Waals surface area contributed by atoms with Gasteiger partial charge in [-0.05, 0) is 51.4 Å². The minimum Gasteiger partial charge on any atom is -0.252 e. The van der Waals surface area contributed by atoms with Crippen LogP contribution in [0.1, 0.15) is 62.8 Å². The summed E-state index contributed by atoms with van der Waals surface area (Å²) < 4.78 is 3.85. The summed E-state index contributed by atoms with van der Waals surface area (Å²) in [7, 11) is 0. The van der Waals surface area contributed by atoms with Crippen LogP contribution in [-0.4, -0.2) is 30.0 Å². The molecule has 0 aliphatic carbocycles. The minimum absolute atomic E-state index is 0.836. The summed E-state index contributed by atoms with van der Waals surface area (Å²) in [5.41, 5.74) is 2.10. The van der Waals surface area contributed by atoms with Gasteiger partial charge in [0.05, 0.1) is 11.4 Å². The van der Waals surface area contributed by atoms with Gasteiger partial charge < -0.3 is 0 Å². The third kappa shape index (κ3) is 7.53. The Labute approximate surface area is 156 Å². The van der Waals surface area contributed by atoms with Gasteiger partial charge in [-0.25, -0.2) is 0 Å². The largest absolute Gasteiger partial charge is 0.252 e. The van der Waals surface area contributed by atoms with Gasteiger partial charge in [-0.1, -0.05) is 10.4 Å². The van der Waals surface area contributed by atoms with Crippen LogP contribution in [0.4, 0.5) is 0 Å². The molecule has 0 unspecified atom stereocenters. The average Bonchev–Trinajstić information content (AvgIpc) is 3.29. The third-order valence-electron chi connectivity index (χ3n) is 4.20. The lowest BCUT2D eigenvalue weighted by Crippen LogP contribution is -2.03. The maximum absolute atomic E-state index is 5.26. The maximum Gasteiger partial charge on any atom is 0.0827 e. The van der Waals surface area contributed by atoms with Crippen molar-refractivity contribution in [2.75, 3.05) is 0 Å². The van der Waals surface area contributed by atoms with E-state index in [0.29, 0.717) is 0 Å². The van der Waals surface area contributed by atoms with Gasteiger partial charge in [-0.15, -0.1) is 34.9 Å². The lowest BCUT2D eigenvalue weighted by atomic mass is 10.1. The van der Waals surface area contributed by atoms with E-state index in [2.05, 4.69) is 32.5 Å². The lowest BCUT2D eigenvalue weighted by Gasteiger charge is -2.01. The Bertz CT molecular complexity index is 653. The fraction of sp³-hybridized carbons (Fsp3) is 0.600. The van der Waals surface area contributed by atoms with E-state index in [1.807, 2.05) is 21.8 Å². The van der Waals surface area contributed by atoms with Crippen LogP contribution in [0, 0.1) is 24.7 Å². The highest BCUT2D eigenvalue weighted by Gasteiger charge is 2.03. The van der Waals surface area contributed by atoms with Crippen LogP contribution in [0.3, 0.4) is 0 Å². The van der Waals surface area contributed by atoms with Crippen LogP contribution in [-0.2, 0) is 25.9 Å². The molecule has 0 aliphatic heterocycles. The monoisotopic (exact) mass is 352 g/mol. The predicted molar refractivity (Wildman–Crippen MR) is 102 cm³/mol. The molecule has 2 aromatic heterocycles. The highest BCUT2D eigenvalue weighted by Crippen LogP contribution is 2.06. The molecule has 0 saturated carbocycles. The number of hydrogen-bond acceptors (Lipinski definition) is 4. The van der Waals surface area contributed by atoms with Gasteiger partial charge in [0.2, 0.25) is 0 Å². The van der Waals surface area contributed by atoms with E-state index in [9.17, 15) is 0 Å². The third-order valence-corrected chi connectivity index (χ3v) is 4.20. The summed E-state index contributed by atoms with van der Waals surface area (Å²) in [5.74, 6) is 5.33. The van der Waals surface area contributed by atoms with E-state index in [4.69, 9.17) is 12.8 Å². The number of nitrogens with zero attached hydrogens (tertiary/aromatic N) is 6. The Kier molecular flexibility index (Phi) is 9.00. The van der Waals surface area contributed by atoms with Gasteiger partial charge in [-0.2, -0.15) is 0 Å². The van der Waals surface area contributed by atoms with Crippen molar-refractivity contribution >= 4 is 0 Å². The summed E-state index contributed by atoms with van der Waals surface area (Å²) in [4.78, 5) is 0. The van der Waals surface area contributed by atoms with Crippen molar-refractivity contribution in [3.63, 3.8) is 0 Å². The molecule has 26 heavy (non-hydrogen) atoms. The van der Waals surface area contributed by atoms with Crippen molar-refractivity contribution in [1.82, 2.24) is 30.0 Å². The first-order valence-electron chi connectivity index (χ1n) is 9.46. The number of unbranched alkanes of at least 4 members (excludes halogenated alkanes) is 5. The van der Waals surface area contributed by atoms with E-state index in [1.54, 1.807) is 0 Å². The average molecular weight is 352 g/mol. The van der Waals surface area contributed by atoms with Crippen LogP contribution in [0.5, 0.6) is 0 Å². The quantitative estimate of drug-likeness (QED) is 0.411. The summed E-state index contributed by atoms with van der Waals surface area (Å²) in [6.45, 7) is 1.76. The van der Waals surface area contributed by atoms with E-state index in [-0.39, 0.29) is 0 Å². The van der Waals surface area contributed by atoms with Crippen molar-refractivity contribution in [1.29, 1.82) is 0 Å². The number of rotatable bonds is 13. The molecule has 6 heteroatoms. The predicted octanol–water partition coefficient (Wildman–Crippen LogP) is 3.04. The highest BCUT2D eigenvalue weighted by molar-refractivity contribution is 4.94. The van der Waals surface area contributed by atoms with Crippen molar-refractivity contribution in [3.05, 3.63) is 23.8 Å². The molecule has 0 amide bonds. The second kappa shape index (κ2) is 11.9. The maximum atomic E-state index is 5.26.